The first-order valence-corrected chi connectivity index (χ1v) is 8.64. The van der Waals surface area contributed by atoms with E-state index in [0.717, 1.165) is 31.5 Å². The molecule has 1 heterocycles. The number of nitrogens with zero attached hydrogens (tertiary/aromatic N) is 1. The van der Waals surface area contributed by atoms with Crippen molar-refractivity contribution >= 4 is 11.7 Å². The number of benzene rings is 1. The van der Waals surface area contributed by atoms with Crippen molar-refractivity contribution in [1.29, 1.82) is 0 Å². The Labute approximate surface area is 131 Å². The normalized spacial score (nSPS) is 30.9. The number of Topliss-reactive ketones (excluding diaryl/α,β-unsaturated/α-hetero) is 1. The van der Waals surface area contributed by atoms with Crippen LogP contribution in [0.4, 0.5) is 0 Å². The van der Waals surface area contributed by atoms with Gasteiger partial charge in [-0.1, -0.05) is 36.8 Å². The maximum absolute atomic E-state index is 12.6. The molecule has 3 heteroatoms. The molecule has 0 radical (unpaired) electrons. The van der Waals surface area contributed by atoms with Crippen LogP contribution in [0.3, 0.4) is 0 Å². The third kappa shape index (κ3) is 2.37. The summed E-state index contributed by atoms with van der Waals surface area (Å²) in [4.78, 5) is 27.1. The van der Waals surface area contributed by atoms with Crippen molar-refractivity contribution < 1.29 is 9.59 Å². The molecule has 1 aromatic rings. The van der Waals surface area contributed by atoms with E-state index in [0.29, 0.717) is 23.7 Å². The molecule has 3 aliphatic rings. The van der Waals surface area contributed by atoms with E-state index in [2.05, 4.69) is 0 Å². The molecule has 0 bridgehead atoms. The number of hydrogen-bond acceptors (Lipinski definition) is 2. The van der Waals surface area contributed by atoms with Gasteiger partial charge in [-0.15, -0.1) is 0 Å². The Morgan fingerprint density at radius 1 is 0.909 bits per heavy atom. The molecule has 3 nitrogen and oxygen atoms in total. The largest absolute Gasteiger partial charge is 0.342 e. The van der Waals surface area contributed by atoms with Crippen LogP contribution in [0.1, 0.15) is 42.5 Å². The van der Waals surface area contributed by atoms with Gasteiger partial charge < -0.3 is 4.90 Å². The highest BCUT2D eigenvalue weighted by Crippen LogP contribution is 2.58. The summed E-state index contributed by atoms with van der Waals surface area (Å²) in [6.45, 7) is 1.52. The Morgan fingerprint density at radius 2 is 1.55 bits per heavy atom. The highest BCUT2D eigenvalue weighted by molar-refractivity contribution is 5.98. The number of ketones is 1. The molecule has 2 unspecified atom stereocenters. The Morgan fingerprint density at radius 3 is 2.18 bits per heavy atom. The van der Waals surface area contributed by atoms with Gasteiger partial charge in [-0.2, -0.15) is 0 Å². The third-order valence-electron chi connectivity index (χ3n) is 5.93. The van der Waals surface area contributed by atoms with Crippen LogP contribution in [0, 0.1) is 23.7 Å². The van der Waals surface area contributed by atoms with Crippen LogP contribution >= 0.6 is 0 Å². The zero-order chi connectivity index (χ0) is 15.1. The van der Waals surface area contributed by atoms with E-state index in [1.807, 2.05) is 35.2 Å². The number of fused-ring (bicyclic) bond motifs is 1. The maximum Gasteiger partial charge on any atom is 0.226 e. The summed E-state index contributed by atoms with van der Waals surface area (Å²) in [5, 5.41) is 0. The van der Waals surface area contributed by atoms with Crippen molar-refractivity contribution in [2.75, 3.05) is 13.1 Å². The molecular formula is C19H23NO2. The molecule has 0 aromatic heterocycles. The SMILES string of the molecule is O=C(c1ccccc1)C1CCN(C(=O)C2C3CCCC32)CC1. The van der Waals surface area contributed by atoms with E-state index < -0.39 is 0 Å². The molecule has 1 aromatic carbocycles. The second-order valence-electron chi connectivity index (χ2n) is 7.11. The Hall–Kier alpha value is -1.64. The molecule has 2 atom stereocenters. The summed E-state index contributed by atoms with van der Waals surface area (Å²) in [5.41, 5.74) is 0.809. The lowest BCUT2D eigenvalue weighted by atomic mass is 9.88. The quantitative estimate of drug-likeness (QED) is 0.804. The van der Waals surface area contributed by atoms with Crippen molar-refractivity contribution in [3.8, 4) is 0 Å². The lowest BCUT2D eigenvalue weighted by Crippen LogP contribution is -2.41. The van der Waals surface area contributed by atoms with Crippen molar-refractivity contribution in [3.05, 3.63) is 35.9 Å². The van der Waals surface area contributed by atoms with Crippen molar-refractivity contribution in [1.82, 2.24) is 4.90 Å². The molecule has 1 amide bonds. The number of carbonyl (C=O) groups excluding carboxylic acids is 2. The summed E-state index contributed by atoms with van der Waals surface area (Å²) >= 11 is 0. The van der Waals surface area contributed by atoms with E-state index >= 15 is 0 Å². The number of amides is 1. The number of piperidine rings is 1. The molecule has 1 saturated heterocycles. The third-order valence-corrected chi connectivity index (χ3v) is 5.93. The minimum absolute atomic E-state index is 0.0881. The van der Waals surface area contributed by atoms with Gasteiger partial charge in [0.25, 0.3) is 0 Å². The fraction of sp³-hybridized carbons (Fsp3) is 0.579. The first-order valence-electron chi connectivity index (χ1n) is 8.64. The Bertz CT molecular complexity index is 564. The molecule has 0 N–H and O–H groups in total. The van der Waals surface area contributed by atoms with Crippen LogP contribution in [-0.4, -0.2) is 29.7 Å². The van der Waals surface area contributed by atoms with Crippen LogP contribution in [0.25, 0.3) is 0 Å². The summed E-state index contributed by atoms with van der Waals surface area (Å²) in [7, 11) is 0. The van der Waals surface area contributed by atoms with Crippen LogP contribution in [0.15, 0.2) is 30.3 Å². The molecule has 1 aliphatic heterocycles. The average Bonchev–Trinajstić information content (AvgIpc) is 3.06. The molecule has 2 saturated carbocycles. The summed E-state index contributed by atoms with van der Waals surface area (Å²) in [5.74, 6) is 2.42. The minimum Gasteiger partial charge on any atom is -0.342 e. The number of rotatable bonds is 3. The summed E-state index contributed by atoms with van der Waals surface area (Å²) < 4.78 is 0. The van der Waals surface area contributed by atoms with Gasteiger partial charge in [-0.25, -0.2) is 0 Å². The standard InChI is InChI=1S/C19H23NO2/c21-18(13-5-2-1-3-6-13)14-9-11-20(12-10-14)19(22)17-15-7-4-8-16(15)17/h1-3,5-6,14-17H,4,7-12H2. The van der Waals surface area contributed by atoms with Gasteiger partial charge in [0.05, 0.1) is 0 Å². The number of likely N-dealkylation sites (tertiary alicyclic amines) is 1. The smallest absolute Gasteiger partial charge is 0.226 e. The lowest BCUT2D eigenvalue weighted by Gasteiger charge is -2.32. The second kappa shape index (κ2) is 5.53. The van der Waals surface area contributed by atoms with Gasteiger partial charge in [0.1, 0.15) is 0 Å². The van der Waals surface area contributed by atoms with Crippen LogP contribution < -0.4 is 0 Å². The maximum atomic E-state index is 12.6. The van der Waals surface area contributed by atoms with E-state index in [4.69, 9.17) is 0 Å². The molecule has 116 valence electrons. The molecule has 3 fully saturated rings. The zero-order valence-electron chi connectivity index (χ0n) is 12.9. The van der Waals surface area contributed by atoms with Crippen molar-refractivity contribution in [2.45, 2.75) is 32.1 Å². The first-order chi connectivity index (χ1) is 10.8. The predicted molar refractivity (Wildman–Crippen MR) is 84.4 cm³/mol. The minimum atomic E-state index is 0.0881. The van der Waals surface area contributed by atoms with Gasteiger partial charge in [0.15, 0.2) is 5.78 Å². The molecule has 22 heavy (non-hydrogen) atoms. The fourth-order valence-corrected chi connectivity index (χ4v) is 4.60. The van der Waals surface area contributed by atoms with Gasteiger partial charge in [0, 0.05) is 30.5 Å². The Balaban J connectivity index is 1.33. The van der Waals surface area contributed by atoms with Gasteiger partial charge in [-0.3, -0.25) is 9.59 Å². The van der Waals surface area contributed by atoms with Gasteiger partial charge >= 0.3 is 0 Å². The first kappa shape index (κ1) is 14.0. The van der Waals surface area contributed by atoms with Crippen LogP contribution in [0.5, 0.6) is 0 Å². The number of carbonyl (C=O) groups is 2. The molecular weight excluding hydrogens is 274 g/mol. The zero-order valence-corrected chi connectivity index (χ0v) is 12.9. The molecule has 4 rings (SSSR count). The highest BCUT2D eigenvalue weighted by atomic mass is 16.2. The highest BCUT2D eigenvalue weighted by Gasteiger charge is 2.57. The van der Waals surface area contributed by atoms with Crippen LogP contribution in [0.2, 0.25) is 0 Å². The van der Waals surface area contributed by atoms with E-state index in [1.165, 1.54) is 19.3 Å². The predicted octanol–water partition coefficient (Wildman–Crippen LogP) is 3.15. The monoisotopic (exact) mass is 297 g/mol. The lowest BCUT2D eigenvalue weighted by molar-refractivity contribution is -0.134. The van der Waals surface area contributed by atoms with E-state index in [9.17, 15) is 9.59 Å². The molecule has 0 spiro atoms. The fourth-order valence-electron chi connectivity index (χ4n) is 4.60. The Kier molecular flexibility index (Phi) is 3.51. The van der Waals surface area contributed by atoms with Crippen molar-refractivity contribution in [2.24, 2.45) is 23.7 Å². The van der Waals surface area contributed by atoms with E-state index in [1.54, 1.807) is 0 Å². The summed E-state index contributed by atoms with van der Waals surface area (Å²) in [6.07, 6.45) is 5.46. The average molecular weight is 297 g/mol. The topological polar surface area (TPSA) is 37.4 Å². The summed E-state index contributed by atoms with van der Waals surface area (Å²) in [6, 6.07) is 9.55. The second-order valence-corrected chi connectivity index (χ2v) is 7.11. The van der Waals surface area contributed by atoms with Gasteiger partial charge in [0.2, 0.25) is 5.91 Å². The van der Waals surface area contributed by atoms with Gasteiger partial charge in [-0.05, 0) is 37.5 Å². The van der Waals surface area contributed by atoms with E-state index in [-0.39, 0.29) is 11.7 Å². The number of hydrogen-bond donors (Lipinski definition) is 0. The molecule has 2 aliphatic carbocycles. The van der Waals surface area contributed by atoms with Crippen LogP contribution in [-0.2, 0) is 4.79 Å². The van der Waals surface area contributed by atoms with Crippen molar-refractivity contribution in [3.63, 3.8) is 0 Å².